The van der Waals surface area contributed by atoms with Crippen molar-refractivity contribution in [3.63, 3.8) is 0 Å². The van der Waals surface area contributed by atoms with E-state index in [0.717, 1.165) is 55.4 Å². The molecule has 0 bridgehead atoms. The minimum Gasteiger partial charge on any atom is -0.350 e. The monoisotopic (exact) mass is 591 g/mol. The van der Waals surface area contributed by atoms with Gasteiger partial charge in [0.2, 0.25) is 0 Å². The number of carbonyl (C=O) groups excluding carboxylic acids is 1. The second-order valence-electron chi connectivity index (χ2n) is 11.4. The number of thiophene rings is 1. The number of allylic oxidation sites excluding steroid dienone is 1. The van der Waals surface area contributed by atoms with E-state index in [1.807, 2.05) is 18.2 Å². The molecular weight excluding hydrogens is 554 g/mol. The molecule has 2 aliphatic carbocycles. The topological polar surface area (TPSA) is 76.8 Å². The van der Waals surface area contributed by atoms with Crippen LogP contribution >= 0.6 is 11.3 Å². The molecule has 0 radical (unpaired) electrons. The zero-order valence-corrected chi connectivity index (χ0v) is 25.1. The van der Waals surface area contributed by atoms with E-state index in [4.69, 9.17) is 15.3 Å². The fourth-order valence-electron chi connectivity index (χ4n) is 6.49. The highest BCUT2D eigenvalue weighted by Crippen LogP contribution is 2.42. The summed E-state index contributed by atoms with van der Waals surface area (Å²) in [6.45, 7) is 1.36. The molecule has 6 nitrogen and oxygen atoms in total. The average molecular weight is 592 g/mol. The zero-order valence-electron chi connectivity index (χ0n) is 24.3. The third kappa shape index (κ3) is 5.78. The number of carbonyl (C=O) groups is 1. The molecule has 2 amide bonds. The lowest BCUT2D eigenvalue weighted by molar-refractivity contribution is -0.163. The fraction of sp³-hybridized carbons (Fsp3) is 0.306. The summed E-state index contributed by atoms with van der Waals surface area (Å²) in [6.07, 6.45) is 9.07. The highest BCUT2D eigenvalue weighted by Gasteiger charge is 2.25. The second kappa shape index (κ2) is 12.5. The minimum atomic E-state index is -0.448. The molecule has 3 aromatic carbocycles. The first-order chi connectivity index (χ1) is 21.2. The molecule has 2 heterocycles. The molecule has 3 aliphatic rings. The van der Waals surface area contributed by atoms with Crippen molar-refractivity contribution in [3.05, 3.63) is 99.9 Å². The Labute approximate surface area is 257 Å². The van der Waals surface area contributed by atoms with E-state index in [0.29, 0.717) is 25.4 Å². The first kappa shape index (κ1) is 28.0. The Kier molecular flexibility index (Phi) is 8.13. The molecule has 0 spiro atoms. The lowest BCUT2D eigenvalue weighted by Crippen LogP contribution is -2.45. The summed E-state index contributed by atoms with van der Waals surface area (Å²) in [5.41, 5.74) is 17.4. The van der Waals surface area contributed by atoms with Crippen molar-refractivity contribution in [2.45, 2.75) is 51.2 Å². The summed E-state index contributed by atoms with van der Waals surface area (Å²) >= 11 is 1.80. The average Bonchev–Trinajstić information content (AvgIpc) is 3.57. The van der Waals surface area contributed by atoms with Gasteiger partial charge in [0, 0.05) is 35.9 Å². The lowest BCUT2D eigenvalue weighted by atomic mass is 9.78. The van der Waals surface area contributed by atoms with Crippen LogP contribution in [0.4, 0.5) is 10.5 Å². The maximum atomic E-state index is 13.1. The van der Waals surface area contributed by atoms with Gasteiger partial charge in [-0.05, 0) is 107 Å². The number of hydroxylamine groups is 1. The number of hydrogen-bond donors (Lipinski definition) is 2. The van der Waals surface area contributed by atoms with Gasteiger partial charge in [0.15, 0.2) is 6.29 Å². The van der Waals surface area contributed by atoms with Gasteiger partial charge in [0.25, 0.3) is 0 Å². The van der Waals surface area contributed by atoms with Gasteiger partial charge >= 0.3 is 6.03 Å². The van der Waals surface area contributed by atoms with Gasteiger partial charge in [-0.15, -0.1) is 11.3 Å². The zero-order chi connectivity index (χ0) is 29.2. The molecule has 1 aliphatic heterocycles. The molecule has 7 rings (SSSR count). The highest BCUT2D eigenvalue weighted by molar-refractivity contribution is 7.16. The maximum Gasteiger partial charge on any atom is 0.346 e. The van der Waals surface area contributed by atoms with Crippen LogP contribution in [0.1, 0.15) is 52.8 Å². The quantitative estimate of drug-likeness (QED) is 0.217. The van der Waals surface area contributed by atoms with Crippen LogP contribution in [0.25, 0.3) is 33.2 Å². The number of anilines is 1. The predicted molar refractivity (Wildman–Crippen MR) is 175 cm³/mol. The van der Waals surface area contributed by atoms with Gasteiger partial charge in [-0.25, -0.2) is 9.63 Å². The Morgan fingerprint density at radius 1 is 0.930 bits per heavy atom. The molecule has 1 aromatic heterocycles. The largest absolute Gasteiger partial charge is 0.350 e. The van der Waals surface area contributed by atoms with Crippen molar-refractivity contribution >= 4 is 34.7 Å². The van der Waals surface area contributed by atoms with Gasteiger partial charge in [0.1, 0.15) is 0 Å². The molecule has 0 unspecified atom stereocenters. The number of ether oxygens (including phenoxy) is 1. The maximum absolute atomic E-state index is 13.1. The van der Waals surface area contributed by atoms with E-state index in [-0.39, 0.29) is 6.03 Å². The SMILES string of the molecule is NCCNC(=O)N(O[C@H]1CCCCO1)c1cccc(-c2ccc(C3=Cc4ccc5c(c4CC3)CCc3ccccc3-5)s2)c1. The number of nitrogens with one attached hydrogen (secondary N) is 1. The summed E-state index contributed by atoms with van der Waals surface area (Å²) in [6, 6.07) is 25.5. The van der Waals surface area contributed by atoms with Gasteiger partial charge in [-0.2, -0.15) is 5.06 Å². The summed E-state index contributed by atoms with van der Waals surface area (Å²) in [7, 11) is 0. The van der Waals surface area contributed by atoms with E-state index in [1.165, 1.54) is 48.9 Å². The Balaban J connectivity index is 1.14. The molecule has 1 saturated heterocycles. The van der Waals surface area contributed by atoms with E-state index >= 15 is 0 Å². The highest BCUT2D eigenvalue weighted by atomic mass is 32.1. The number of nitrogens with zero attached hydrogens (tertiary/aromatic N) is 1. The van der Waals surface area contributed by atoms with Crippen LogP contribution < -0.4 is 16.1 Å². The Morgan fingerprint density at radius 2 is 1.81 bits per heavy atom. The third-order valence-corrected chi connectivity index (χ3v) is 9.86. The molecule has 1 fully saturated rings. The van der Waals surface area contributed by atoms with Crippen molar-refractivity contribution in [3.8, 4) is 21.6 Å². The number of nitrogens with two attached hydrogens (primary N) is 1. The predicted octanol–water partition coefficient (Wildman–Crippen LogP) is 7.60. The number of rotatable bonds is 7. The third-order valence-electron chi connectivity index (χ3n) is 8.65. The standard InChI is InChI=1S/C36H37N3O3S/c37-19-20-38-36(40)39(42-35-10-3-4-21-41-35)28-8-5-7-26(23-28)33-17-18-34(43-33)27-13-14-30-25(22-27)12-16-31-29-9-2-1-6-24(29)11-15-32(30)31/h1-2,5-9,12,16-18,22-23,35H,3-4,10-11,13-15,19-21,37H2,(H,38,40)/t35-/m0/s1. The van der Waals surface area contributed by atoms with Gasteiger partial charge in [-0.1, -0.05) is 54.6 Å². The molecule has 7 heteroatoms. The number of hydrogen-bond acceptors (Lipinski definition) is 5. The summed E-state index contributed by atoms with van der Waals surface area (Å²) < 4.78 is 5.77. The van der Waals surface area contributed by atoms with Crippen LogP contribution in [0.2, 0.25) is 0 Å². The first-order valence-electron chi connectivity index (χ1n) is 15.4. The number of aryl methyl sites for hydroxylation is 1. The van der Waals surface area contributed by atoms with Crippen molar-refractivity contribution in [1.82, 2.24) is 5.32 Å². The molecule has 220 valence electrons. The molecule has 0 saturated carbocycles. The molecule has 4 aromatic rings. The number of fused-ring (bicyclic) bond motifs is 5. The second-order valence-corrected chi connectivity index (χ2v) is 12.5. The van der Waals surface area contributed by atoms with E-state index in [9.17, 15) is 4.79 Å². The van der Waals surface area contributed by atoms with E-state index in [1.54, 1.807) is 11.3 Å². The van der Waals surface area contributed by atoms with Gasteiger partial charge in [-0.3, -0.25) is 0 Å². The van der Waals surface area contributed by atoms with Crippen LogP contribution in [0, 0.1) is 0 Å². The number of urea groups is 1. The minimum absolute atomic E-state index is 0.347. The summed E-state index contributed by atoms with van der Waals surface area (Å²) in [4.78, 5) is 21.6. The van der Waals surface area contributed by atoms with Crippen molar-refractivity contribution < 1.29 is 14.4 Å². The summed E-state index contributed by atoms with van der Waals surface area (Å²) in [5.74, 6) is 0. The lowest BCUT2D eigenvalue weighted by Gasteiger charge is -2.29. The van der Waals surface area contributed by atoms with Crippen LogP contribution in [0.5, 0.6) is 0 Å². The molecule has 1 atom stereocenters. The molecular formula is C36H37N3O3S. The van der Waals surface area contributed by atoms with Crippen molar-refractivity contribution in [2.75, 3.05) is 24.8 Å². The van der Waals surface area contributed by atoms with Crippen LogP contribution in [0.3, 0.4) is 0 Å². The molecule has 3 N–H and O–H groups in total. The van der Waals surface area contributed by atoms with Gasteiger partial charge < -0.3 is 15.8 Å². The molecule has 43 heavy (non-hydrogen) atoms. The number of amides is 2. The van der Waals surface area contributed by atoms with Crippen LogP contribution in [0.15, 0.2) is 72.8 Å². The fourth-order valence-corrected chi connectivity index (χ4v) is 7.54. The Bertz CT molecular complexity index is 1670. The van der Waals surface area contributed by atoms with E-state index in [2.05, 4.69) is 66.0 Å². The van der Waals surface area contributed by atoms with Gasteiger partial charge in [0.05, 0.1) is 5.69 Å². The Hall–Kier alpha value is -3.75. The normalized spacial score (nSPS) is 17.3. The van der Waals surface area contributed by atoms with Crippen LogP contribution in [-0.2, 0) is 28.8 Å². The van der Waals surface area contributed by atoms with Crippen molar-refractivity contribution in [1.29, 1.82) is 0 Å². The van der Waals surface area contributed by atoms with E-state index < -0.39 is 6.29 Å². The Morgan fingerprint density at radius 3 is 2.70 bits per heavy atom. The smallest absolute Gasteiger partial charge is 0.346 e. The number of benzene rings is 3. The summed E-state index contributed by atoms with van der Waals surface area (Å²) in [5, 5.41) is 4.16. The van der Waals surface area contributed by atoms with Crippen molar-refractivity contribution in [2.24, 2.45) is 5.73 Å². The first-order valence-corrected chi connectivity index (χ1v) is 16.2. The van der Waals surface area contributed by atoms with Crippen LogP contribution in [-0.4, -0.2) is 32.0 Å².